The smallest absolute Gasteiger partial charge is 0.230 e. The number of benzene rings is 1. The Morgan fingerprint density at radius 2 is 2.00 bits per heavy atom. The molecule has 0 spiro atoms. The van der Waals surface area contributed by atoms with Gasteiger partial charge in [0.25, 0.3) is 0 Å². The minimum Gasteiger partial charge on any atom is -0.365 e. The molecular weight excluding hydrogens is 372 g/mol. The van der Waals surface area contributed by atoms with Crippen LogP contribution >= 0.6 is 11.6 Å². The highest BCUT2D eigenvalue weighted by atomic mass is 35.5. The Hall–Kier alpha value is -2.58. The van der Waals surface area contributed by atoms with E-state index < -0.39 is 0 Å². The van der Waals surface area contributed by atoms with Crippen molar-refractivity contribution in [3.63, 3.8) is 0 Å². The molecule has 1 amide bonds. The number of carbonyl (C=O) groups excluding carboxylic acids is 1. The predicted octanol–water partition coefficient (Wildman–Crippen LogP) is 4.87. The highest BCUT2D eigenvalue weighted by Gasteiger charge is 2.31. The van der Waals surface area contributed by atoms with Gasteiger partial charge in [0.05, 0.1) is 6.57 Å². The molecule has 0 bridgehead atoms. The molecule has 1 saturated heterocycles. The summed E-state index contributed by atoms with van der Waals surface area (Å²) in [4.78, 5) is 25.4. The van der Waals surface area contributed by atoms with Crippen LogP contribution in [0.1, 0.15) is 31.2 Å². The molecule has 0 aliphatic carbocycles. The fourth-order valence-electron chi connectivity index (χ4n) is 4.23. The van der Waals surface area contributed by atoms with Crippen LogP contribution in [0.4, 0.5) is 17.2 Å². The number of aromatic nitrogens is 1. The molecule has 6 heteroatoms. The number of rotatable bonds is 2. The zero-order chi connectivity index (χ0) is 19.5. The quantitative estimate of drug-likeness (QED) is 0.682. The molecule has 2 aliphatic rings. The van der Waals surface area contributed by atoms with Gasteiger partial charge in [0.2, 0.25) is 11.6 Å². The molecule has 1 aromatic carbocycles. The summed E-state index contributed by atoms with van der Waals surface area (Å²) in [6, 6.07) is 9.45. The van der Waals surface area contributed by atoms with Crippen LogP contribution in [-0.2, 0) is 11.2 Å². The number of piperidine rings is 1. The maximum absolute atomic E-state index is 13.3. The molecule has 0 N–H and O–H groups in total. The van der Waals surface area contributed by atoms with Crippen molar-refractivity contribution in [3.8, 4) is 0 Å². The van der Waals surface area contributed by atoms with E-state index in [1.807, 2.05) is 23.1 Å². The zero-order valence-electron chi connectivity index (χ0n) is 15.8. The zero-order valence-corrected chi connectivity index (χ0v) is 16.5. The summed E-state index contributed by atoms with van der Waals surface area (Å²) in [6.07, 6.45) is 6.35. The third-order valence-corrected chi connectivity index (χ3v) is 5.94. The van der Waals surface area contributed by atoms with Gasteiger partial charge in [-0.15, -0.1) is 0 Å². The number of halogens is 1. The Labute approximate surface area is 170 Å². The lowest BCUT2D eigenvalue weighted by molar-refractivity contribution is -0.123. The van der Waals surface area contributed by atoms with E-state index in [1.54, 1.807) is 18.3 Å². The predicted molar refractivity (Wildman–Crippen MR) is 112 cm³/mol. The highest BCUT2D eigenvalue weighted by Crippen LogP contribution is 2.33. The summed E-state index contributed by atoms with van der Waals surface area (Å²) in [7, 11) is 0. The molecule has 0 unspecified atom stereocenters. The first kappa shape index (κ1) is 18.8. The minimum absolute atomic E-state index is 0.0120. The number of carbonyl (C=O) groups is 1. The molecule has 0 atom stereocenters. The van der Waals surface area contributed by atoms with E-state index in [2.05, 4.69) is 14.7 Å². The largest absolute Gasteiger partial charge is 0.365 e. The number of hydrogen-bond acceptors (Lipinski definition) is 3. The molecule has 28 heavy (non-hydrogen) atoms. The number of anilines is 2. The van der Waals surface area contributed by atoms with Crippen molar-refractivity contribution < 1.29 is 4.79 Å². The molecule has 144 valence electrons. The van der Waals surface area contributed by atoms with Gasteiger partial charge in [-0.05, 0) is 55.9 Å². The molecular formula is C22H23ClN4O. The molecule has 0 saturated carbocycles. The van der Waals surface area contributed by atoms with Crippen LogP contribution in [-0.4, -0.2) is 30.5 Å². The van der Waals surface area contributed by atoms with Gasteiger partial charge in [0.1, 0.15) is 5.82 Å². The monoisotopic (exact) mass is 394 g/mol. The van der Waals surface area contributed by atoms with Crippen LogP contribution in [0.2, 0.25) is 5.02 Å². The van der Waals surface area contributed by atoms with Crippen LogP contribution in [0.5, 0.6) is 0 Å². The number of aryl methyl sites for hydroxylation is 1. The second kappa shape index (κ2) is 8.20. The van der Waals surface area contributed by atoms with E-state index in [0.29, 0.717) is 5.69 Å². The SMILES string of the molecule is [C-]#[N+]c1cccnc1N1CCC(C(=O)N2CCCCc3cc(Cl)ccc32)CC1. The van der Waals surface area contributed by atoms with Gasteiger partial charge in [0.15, 0.2) is 0 Å². The van der Waals surface area contributed by atoms with Crippen LogP contribution in [0.25, 0.3) is 4.85 Å². The number of hydrogen-bond donors (Lipinski definition) is 0. The fraction of sp³-hybridized carbons (Fsp3) is 0.409. The second-order valence-corrected chi connectivity index (χ2v) is 7.88. The Bertz CT molecular complexity index is 915. The topological polar surface area (TPSA) is 40.8 Å². The van der Waals surface area contributed by atoms with Gasteiger partial charge in [-0.25, -0.2) is 4.85 Å². The summed E-state index contributed by atoms with van der Waals surface area (Å²) in [6.45, 7) is 9.61. The first-order chi connectivity index (χ1) is 13.7. The van der Waals surface area contributed by atoms with Crippen LogP contribution in [0, 0.1) is 12.5 Å². The number of fused-ring (bicyclic) bond motifs is 1. The van der Waals surface area contributed by atoms with E-state index in [1.165, 1.54) is 5.56 Å². The van der Waals surface area contributed by atoms with Crippen molar-refractivity contribution in [3.05, 3.63) is 58.5 Å². The molecule has 5 nitrogen and oxygen atoms in total. The van der Waals surface area contributed by atoms with Crippen molar-refractivity contribution in [2.45, 2.75) is 32.1 Å². The van der Waals surface area contributed by atoms with Gasteiger partial charge in [-0.2, -0.15) is 0 Å². The van der Waals surface area contributed by atoms with E-state index >= 15 is 0 Å². The maximum Gasteiger partial charge on any atom is 0.230 e. The van der Waals surface area contributed by atoms with Crippen LogP contribution in [0.3, 0.4) is 0 Å². The summed E-state index contributed by atoms with van der Waals surface area (Å²) in [5.74, 6) is 0.965. The highest BCUT2D eigenvalue weighted by molar-refractivity contribution is 6.30. The number of amides is 1. The average Bonchev–Trinajstić information content (AvgIpc) is 2.95. The summed E-state index contributed by atoms with van der Waals surface area (Å²) >= 11 is 6.17. The lowest BCUT2D eigenvalue weighted by atomic mass is 9.94. The molecule has 3 heterocycles. The van der Waals surface area contributed by atoms with Crippen molar-refractivity contribution in [2.24, 2.45) is 5.92 Å². The van der Waals surface area contributed by atoms with Crippen LogP contribution in [0.15, 0.2) is 36.5 Å². The Kier molecular flexibility index (Phi) is 5.50. The lowest BCUT2D eigenvalue weighted by Crippen LogP contribution is -2.43. The standard InChI is InChI=1S/C22H23ClN4O/c1-24-19-6-4-11-25-21(19)26-13-9-16(10-14-26)22(28)27-12-3-2-5-17-15-18(23)7-8-20(17)27/h4,6-8,11,15-16H,2-3,5,9-10,12-14H2. The first-order valence-corrected chi connectivity index (χ1v) is 10.2. The van der Waals surface area contributed by atoms with E-state index in [0.717, 1.165) is 68.3 Å². The van der Waals surface area contributed by atoms with Gasteiger partial charge in [-0.3, -0.25) is 9.78 Å². The average molecular weight is 395 g/mol. The van der Waals surface area contributed by atoms with Crippen molar-refractivity contribution in [1.82, 2.24) is 4.98 Å². The van der Waals surface area contributed by atoms with Gasteiger partial charge >= 0.3 is 0 Å². The van der Waals surface area contributed by atoms with E-state index in [4.69, 9.17) is 18.2 Å². The Morgan fingerprint density at radius 1 is 1.18 bits per heavy atom. The van der Waals surface area contributed by atoms with Gasteiger partial charge in [-0.1, -0.05) is 23.7 Å². The van der Waals surface area contributed by atoms with E-state index in [-0.39, 0.29) is 11.8 Å². The second-order valence-electron chi connectivity index (χ2n) is 7.44. The third-order valence-electron chi connectivity index (χ3n) is 5.71. The van der Waals surface area contributed by atoms with Crippen molar-refractivity contribution in [2.75, 3.05) is 29.4 Å². The van der Waals surface area contributed by atoms with Gasteiger partial charge < -0.3 is 9.80 Å². The molecule has 2 aromatic rings. The minimum atomic E-state index is 0.0120. The molecule has 1 fully saturated rings. The molecule has 0 radical (unpaired) electrons. The summed E-state index contributed by atoms with van der Waals surface area (Å²) in [5, 5.41) is 0.729. The summed E-state index contributed by atoms with van der Waals surface area (Å²) in [5.41, 5.74) is 2.77. The third kappa shape index (κ3) is 3.70. The maximum atomic E-state index is 13.3. The molecule has 1 aromatic heterocycles. The van der Waals surface area contributed by atoms with Crippen molar-refractivity contribution >= 4 is 34.7 Å². The number of pyridine rings is 1. The summed E-state index contributed by atoms with van der Waals surface area (Å²) < 4.78 is 0. The Morgan fingerprint density at radius 3 is 2.79 bits per heavy atom. The van der Waals surface area contributed by atoms with Crippen molar-refractivity contribution in [1.29, 1.82) is 0 Å². The molecule has 2 aliphatic heterocycles. The normalized spacial score (nSPS) is 17.6. The first-order valence-electron chi connectivity index (χ1n) is 9.84. The van der Waals surface area contributed by atoms with Gasteiger partial charge in [0, 0.05) is 42.5 Å². The van der Waals surface area contributed by atoms with Crippen LogP contribution < -0.4 is 9.80 Å². The fourth-order valence-corrected chi connectivity index (χ4v) is 4.43. The molecule has 4 rings (SSSR count). The number of nitrogens with zero attached hydrogens (tertiary/aromatic N) is 4. The lowest BCUT2D eigenvalue weighted by Gasteiger charge is -2.35. The van der Waals surface area contributed by atoms with E-state index in [9.17, 15) is 4.79 Å². The Balaban J connectivity index is 1.48.